The van der Waals surface area contributed by atoms with Crippen LogP contribution in [0.1, 0.15) is 16.1 Å². The number of amides is 1. The number of halogens is 1. The third kappa shape index (κ3) is 2.68. The highest BCUT2D eigenvalue weighted by Gasteiger charge is 2.17. The van der Waals surface area contributed by atoms with Crippen LogP contribution in [0.2, 0.25) is 5.02 Å². The highest BCUT2D eigenvalue weighted by atomic mass is 35.5. The largest absolute Gasteiger partial charge is 0.320 e. The summed E-state index contributed by atoms with van der Waals surface area (Å²) >= 11 is 5.78. The first-order valence-corrected chi connectivity index (χ1v) is 5.48. The van der Waals surface area contributed by atoms with Crippen LogP contribution in [0.25, 0.3) is 0 Å². The summed E-state index contributed by atoms with van der Waals surface area (Å²) in [6.07, 6.45) is 1.26. The average Bonchev–Trinajstić information content (AvgIpc) is 2.86. The Morgan fingerprint density at radius 2 is 2.26 bits per heavy atom. The average molecular weight is 282 g/mol. The van der Waals surface area contributed by atoms with Gasteiger partial charge in [-0.15, -0.1) is 0 Å². The zero-order valence-electron chi connectivity index (χ0n) is 9.68. The fourth-order valence-corrected chi connectivity index (χ4v) is 1.67. The number of hydrogen-bond donors (Lipinski definition) is 2. The first-order chi connectivity index (χ1) is 8.99. The normalized spacial score (nSPS) is 10.2. The molecule has 0 fully saturated rings. The molecular formula is C10H8ClN5O3. The van der Waals surface area contributed by atoms with Crippen molar-refractivity contribution < 1.29 is 9.72 Å². The molecule has 8 nitrogen and oxygen atoms in total. The fraction of sp³-hybridized carbons (Fsp3) is 0.100. The van der Waals surface area contributed by atoms with Gasteiger partial charge in [0.05, 0.1) is 11.1 Å². The molecule has 0 saturated carbocycles. The Morgan fingerprint density at radius 3 is 2.84 bits per heavy atom. The van der Waals surface area contributed by atoms with E-state index in [0.717, 1.165) is 0 Å². The molecule has 0 aliphatic carbocycles. The zero-order valence-corrected chi connectivity index (χ0v) is 10.4. The van der Waals surface area contributed by atoms with E-state index in [9.17, 15) is 14.9 Å². The molecular weight excluding hydrogens is 274 g/mol. The second kappa shape index (κ2) is 5.02. The third-order valence-corrected chi connectivity index (χ3v) is 2.69. The van der Waals surface area contributed by atoms with E-state index in [1.807, 2.05) is 0 Å². The van der Waals surface area contributed by atoms with Crippen LogP contribution in [0.5, 0.6) is 0 Å². The van der Waals surface area contributed by atoms with Crippen molar-refractivity contribution in [3.05, 3.63) is 44.7 Å². The van der Waals surface area contributed by atoms with Gasteiger partial charge in [-0.25, -0.2) is 0 Å². The van der Waals surface area contributed by atoms with Crippen molar-refractivity contribution in [3.8, 4) is 0 Å². The minimum Gasteiger partial charge on any atom is -0.320 e. The van der Waals surface area contributed by atoms with E-state index in [-0.39, 0.29) is 16.4 Å². The van der Waals surface area contributed by atoms with Crippen LogP contribution >= 0.6 is 11.6 Å². The fourth-order valence-electron chi connectivity index (χ4n) is 1.44. The van der Waals surface area contributed by atoms with Crippen LogP contribution in [0.3, 0.4) is 0 Å². The molecule has 1 amide bonds. The van der Waals surface area contributed by atoms with Crippen molar-refractivity contribution >= 4 is 28.9 Å². The maximum Gasteiger partial charge on any atom is 0.288 e. The van der Waals surface area contributed by atoms with E-state index in [2.05, 4.69) is 20.7 Å². The lowest BCUT2D eigenvalue weighted by molar-refractivity contribution is -0.384. The van der Waals surface area contributed by atoms with Gasteiger partial charge in [0.2, 0.25) is 0 Å². The Labute approximate surface area is 111 Å². The quantitative estimate of drug-likeness (QED) is 0.659. The molecule has 2 rings (SSSR count). The Morgan fingerprint density at radius 1 is 1.53 bits per heavy atom. The van der Waals surface area contributed by atoms with E-state index < -0.39 is 10.8 Å². The lowest BCUT2D eigenvalue weighted by Gasteiger charge is -2.07. The number of aromatic amines is 1. The SMILES string of the molecule is Cc1cc([N+](=O)[O-])c(Cl)cc1NC(=O)c1cn[nH]n1. The predicted molar refractivity (Wildman–Crippen MR) is 67.2 cm³/mol. The van der Waals surface area contributed by atoms with Gasteiger partial charge in [0.1, 0.15) is 5.02 Å². The van der Waals surface area contributed by atoms with Crippen LogP contribution in [0, 0.1) is 17.0 Å². The number of aryl methyl sites for hydroxylation is 1. The molecule has 0 atom stereocenters. The molecule has 1 heterocycles. The molecule has 2 N–H and O–H groups in total. The van der Waals surface area contributed by atoms with Crippen LogP contribution in [0.4, 0.5) is 11.4 Å². The maximum absolute atomic E-state index is 11.7. The van der Waals surface area contributed by atoms with Crippen molar-refractivity contribution in [1.29, 1.82) is 0 Å². The number of hydrogen-bond acceptors (Lipinski definition) is 5. The molecule has 0 unspecified atom stereocenters. The highest BCUT2D eigenvalue weighted by molar-refractivity contribution is 6.33. The molecule has 0 bridgehead atoms. The number of H-pyrrole nitrogens is 1. The molecule has 0 aliphatic rings. The van der Waals surface area contributed by atoms with Gasteiger partial charge in [-0.3, -0.25) is 14.9 Å². The van der Waals surface area contributed by atoms with Gasteiger partial charge in [0, 0.05) is 11.8 Å². The van der Waals surface area contributed by atoms with Crippen molar-refractivity contribution in [2.24, 2.45) is 0 Å². The first-order valence-electron chi connectivity index (χ1n) is 5.10. The van der Waals surface area contributed by atoms with Crippen LogP contribution in [-0.4, -0.2) is 26.2 Å². The van der Waals surface area contributed by atoms with Gasteiger partial charge in [-0.1, -0.05) is 11.6 Å². The van der Waals surface area contributed by atoms with Crippen LogP contribution in [-0.2, 0) is 0 Å². The number of anilines is 1. The summed E-state index contributed by atoms with van der Waals surface area (Å²) in [5.41, 5.74) is 0.795. The van der Waals surface area contributed by atoms with Crippen molar-refractivity contribution in [2.45, 2.75) is 6.92 Å². The minimum absolute atomic E-state index is 0.0500. The number of aromatic nitrogens is 3. The highest BCUT2D eigenvalue weighted by Crippen LogP contribution is 2.30. The van der Waals surface area contributed by atoms with Crippen LogP contribution in [0.15, 0.2) is 18.3 Å². The van der Waals surface area contributed by atoms with Crippen molar-refractivity contribution in [2.75, 3.05) is 5.32 Å². The number of nitro benzene ring substituents is 1. The van der Waals surface area contributed by atoms with E-state index in [0.29, 0.717) is 11.3 Å². The molecule has 0 radical (unpaired) electrons. The van der Waals surface area contributed by atoms with Gasteiger partial charge in [-0.2, -0.15) is 15.4 Å². The number of rotatable bonds is 3. The van der Waals surface area contributed by atoms with E-state index >= 15 is 0 Å². The van der Waals surface area contributed by atoms with Crippen molar-refractivity contribution in [1.82, 2.24) is 15.4 Å². The summed E-state index contributed by atoms with van der Waals surface area (Å²) in [5.74, 6) is -0.484. The van der Waals surface area contributed by atoms with Gasteiger partial charge in [0.15, 0.2) is 5.69 Å². The summed E-state index contributed by atoms with van der Waals surface area (Å²) in [6.45, 7) is 1.63. The second-order valence-electron chi connectivity index (χ2n) is 3.69. The van der Waals surface area contributed by atoms with Crippen LogP contribution < -0.4 is 5.32 Å². The zero-order chi connectivity index (χ0) is 14.0. The summed E-state index contributed by atoms with van der Waals surface area (Å²) in [5, 5.41) is 22.6. The molecule has 9 heteroatoms. The van der Waals surface area contributed by atoms with Crippen molar-refractivity contribution in [3.63, 3.8) is 0 Å². The number of nitro groups is 1. The lowest BCUT2D eigenvalue weighted by Crippen LogP contribution is -2.13. The second-order valence-corrected chi connectivity index (χ2v) is 4.09. The van der Waals surface area contributed by atoms with Gasteiger partial charge in [0.25, 0.3) is 11.6 Å². The summed E-state index contributed by atoms with van der Waals surface area (Å²) in [4.78, 5) is 21.9. The Balaban J connectivity index is 2.29. The summed E-state index contributed by atoms with van der Waals surface area (Å²) < 4.78 is 0. The molecule has 2 aromatic rings. The van der Waals surface area contributed by atoms with E-state index in [1.165, 1.54) is 18.3 Å². The number of nitrogens with zero attached hydrogens (tertiary/aromatic N) is 3. The van der Waals surface area contributed by atoms with Gasteiger partial charge in [-0.05, 0) is 18.6 Å². The standard InChI is InChI=1S/C10H8ClN5O3/c1-5-2-9(16(18)19)6(11)3-7(5)13-10(17)8-4-12-15-14-8/h2-4H,1H3,(H,13,17)(H,12,14,15). The van der Waals surface area contributed by atoms with Gasteiger partial charge >= 0.3 is 0 Å². The topological polar surface area (TPSA) is 114 Å². The number of carbonyl (C=O) groups is 1. The molecule has 98 valence electrons. The minimum atomic E-state index is -0.585. The number of benzene rings is 1. The number of carbonyl (C=O) groups excluding carboxylic acids is 1. The molecule has 0 saturated heterocycles. The first kappa shape index (κ1) is 13.0. The molecule has 0 spiro atoms. The lowest BCUT2D eigenvalue weighted by atomic mass is 10.1. The van der Waals surface area contributed by atoms with Gasteiger partial charge < -0.3 is 5.32 Å². The molecule has 1 aromatic carbocycles. The smallest absolute Gasteiger partial charge is 0.288 e. The predicted octanol–water partition coefficient (Wildman–Crippen LogP) is 1.93. The molecule has 19 heavy (non-hydrogen) atoms. The van der Waals surface area contributed by atoms with E-state index in [1.54, 1.807) is 6.92 Å². The Kier molecular flexibility index (Phi) is 3.43. The Hall–Kier alpha value is -2.48. The summed E-state index contributed by atoms with van der Waals surface area (Å²) in [6, 6.07) is 2.62. The molecule has 1 aromatic heterocycles. The summed E-state index contributed by atoms with van der Waals surface area (Å²) in [7, 11) is 0. The monoisotopic (exact) mass is 281 g/mol. The Bertz CT molecular complexity index is 641. The maximum atomic E-state index is 11.7. The van der Waals surface area contributed by atoms with E-state index in [4.69, 9.17) is 11.6 Å². The third-order valence-electron chi connectivity index (χ3n) is 2.39. The number of nitrogens with one attached hydrogen (secondary N) is 2. The molecule has 0 aliphatic heterocycles.